The summed E-state index contributed by atoms with van der Waals surface area (Å²) in [5.74, 6) is 1.31. The summed E-state index contributed by atoms with van der Waals surface area (Å²) in [6, 6.07) is 4.51. The van der Waals surface area contributed by atoms with E-state index in [1.165, 1.54) is 11.2 Å². The summed E-state index contributed by atoms with van der Waals surface area (Å²) < 4.78 is 0.759. The van der Waals surface area contributed by atoms with E-state index in [2.05, 4.69) is 62.2 Å². The van der Waals surface area contributed by atoms with E-state index >= 15 is 0 Å². The predicted molar refractivity (Wildman–Crippen MR) is 79.8 cm³/mol. The highest BCUT2D eigenvalue weighted by atomic mass is 79.9. The van der Waals surface area contributed by atoms with Crippen LogP contribution in [0.3, 0.4) is 0 Å². The number of hydrogen-bond acceptors (Lipinski definition) is 5. The lowest BCUT2D eigenvalue weighted by Crippen LogP contribution is -2.31. The molecule has 0 unspecified atom stereocenters. The molecule has 96 valence electrons. The average Bonchev–Trinajstić information content (AvgIpc) is 2.83. The number of nitrogens with two attached hydrogens (primary N) is 1. The van der Waals surface area contributed by atoms with Crippen molar-refractivity contribution in [1.29, 1.82) is 0 Å². The first-order chi connectivity index (χ1) is 8.59. The van der Waals surface area contributed by atoms with Crippen molar-refractivity contribution < 1.29 is 0 Å². The number of thiophene rings is 1. The molecule has 0 fully saturated rings. The summed E-state index contributed by atoms with van der Waals surface area (Å²) in [6.45, 7) is 5.10. The lowest BCUT2D eigenvalue weighted by molar-refractivity contribution is 0.674. The van der Waals surface area contributed by atoms with Gasteiger partial charge in [-0.15, -0.1) is 11.3 Å². The highest BCUT2D eigenvalue weighted by Crippen LogP contribution is 2.30. The Bertz CT molecular complexity index is 513. The fraction of sp³-hybridized carbons (Fsp3) is 0.333. The summed E-state index contributed by atoms with van der Waals surface area (Å²) in [6.07, 6.45) is 1.50. The van der Waals surface area contributed by atoms with Crippen LogP contribution >= 0.6 is 27.3 Å². The van der Waals surface area contributed by atoms with Gasteiger partial charge in [-0.1, -0.05) is 6.07 Å². The van der Waals surface area contributed by atoms with Gasteiger partial charge in [0.15, 0.2) is 0 Å². The molecule has 2 rings (SSSR count). The number of halogens is 1. The van der Waals surface area contributed by atoms with Gasteiger partial charge in [-0.3, -0.25) is 0 Å². The van der Waals surface area contributed by atoms with E-state index in [0.29, 0.717) is 11.9 Å². The number of nitrogens with zero attached hydrogens (tertiary/aromatic N) is 3. The molecule has 2 N–H and O–H groups in total. The van der Waals surface area contributed by atoms with Gasteiger partial charge in [0, 0.05) is 10.9 Å². The van der Waals surface area contributed by atoms with Gasteiger partial charge in [0.1, 0.15) is 22.4 Å². The Balaban J connectivity index is 2.33. The molecule has 6 heteroatoms. The number of aromatic nitrogens is 2. The van der Waals surface area contributed by atoms with E-state index in [1.54, 1.807) is 11.3 Å². The maximum absolute atomic E-state index is 5.81. The van der Waals surface area contributed by atoms with E-state index in [0.717, 1.165) is 16.8 Å². The zero-order chi connectivity index (χ0) is 13.1. The molecule has 2 aromatic rings. The lowest BCUT2D eigenvalue weighted by Gasteiger charge is -2.28. The average molecular weight is 327 g/mol. The molecular formula is C12H15BrN4S. The quantitative estimate of drug-likeness (QED) is 0.936. The summed E-state index contributed by atoms with van der Waals surface area (Å²) >= 11 is 5.21. The fourth-order valence-corrected chi connectivity index (χ4v) is 2.78. The van der Waals surface area contributed by atoms with E-state index < -0.39 is 0 Å². The van der Waals surface area contributed by atoms with Gasteiger partial charge in [0.2, 0.25) is 0 Å². The number of nitrogen functional groups attached to an aromatic ring is 1. The molecular weight excluding hydrogens is 312 g/mol. The fourth-order valence-electron chi connectivity index (χ4n) is 1.65. The van der Waals surface area contributed by atoms with E-state index in [9.17, 15) is 0 Å². The standard InChI is InChI=1S/C12H15BrN4S/c1-8(2)17(6-9-4-3-5-18-9)12-10(13)11(14)15-7-16-12/h3-5,7-8H,6H2,1-2H3,(H2,14,15,16). The van der Waals surface area contributed by atoms with E-state index in [-0.39, 0.29) is 0 Å². The molecule has 18 heavy (non-hydrogen) atoms. The topological polar surface area (TPSA) is 55.0 Å². The summed E-state index contributed by atoms with van der Waals surface area (Å²) in [5.41, 5.74) is 5.81. The van der Waals surface area contributed by atoms with Crippen molar-refractivity contribution in [3.05, 3.63) is 33.2 Å². The number of rotatable bonds is 4. The minimum absolute atomic E-state index is 0.331. The molecule has 0 atom stereocenters. The van der Waals surface area contributed by atoms with Crippen molar-refractivity contribution in [2.24, 2.45) is 0 Å². The summed E-state index contributed by atoms with van der Waals surface area (Å²) in [4.78, 5) is 11.8. The molecule has 0 aromatic carbocycles. The van der Waals surface area contributed by atoms with Gasteiger partial charge in [-0.05, 0) is 41.2 Å². The minimum Gasteiger partial charge on any atom is -0.383 e. The van der Waals surface area contributed by atoms with Crippen molar-refractivity contribution in [2.75, 3.05) is 10.6 Å². The second-order valence-corrected chi connectivity index (χ2v) is 6.02. The molecule has 0 aliphatic carbocycles. The monoisotopic (exact) mass is 326 g/mol. The molecule has 0 amide bonds. The van der Waals surface area contributed by atoms with Crippen LogP contribution in [0.25, 0.3) is 0 Å². The van der Waals surface area contributed by atoms with Crippen molar-refractivity contribution in [2.45, 2.75) is 26.4 Å². The van der Waals surface area contributed by atoms with Gasteiger partial charge >= 0.3 is 0 Å². The second-order valence-electron chi connectivity index (χ2n) is 4.20. The van der Waals surface area contributed by atoms with Gasteiger partial charge in [-0.25, -0.2) is 9.97 Å². The zero-order valence-electron chi connectivity index (χ0n) is 10.3. The maximum Gasteiger partial charge on any atom is 0.149 e. The third kappa shape index (κ3) is 2.81. The molecule has 2 heterocycles. The number of anilines is 2. The number of hydrogen-bond donors (Lipinski definition) is 1. The predicted octanol–water partition coefficient (Wildman–Crippen LogP) is 3.30. The normalized spacial score (nSPS) is 10.9. The van der Waals surface area contributed by atoms with Crippen LogP contribution < -0.4 is 10.6 Å². The minimum atomic E-state index is 0.331. The molecule has 0 aliphatic heterocycles. The molecule has 0 spiro atoms. The Kier molecular flexibility index (Phi) is 4.19. The van der Waals surface area contributed by atoms with Gasteiger partial charge in [0.25, 0.3) is 0 Å². The van der Waals surface area contributed by atoms with E-state index in [4.69, 9.17) is 5.73 Å². The first kappa shape index (κ1) is 13.3. The van der Waals surface area contributed by atoms with Crippen LogP contribution in [0.15, 0.2) is 28.3 Å². The van der Waals surface area contributed by atoms with Crippen molar-refractivity contribution >= 4 is 38.9 Å². The van der Waals surface area contributed by atoms with Crippen LogP contribution in [0.4, 0.5) is 11.6 Å². The van der Waals surface area contributed by atoms with E-state index in [1.807, 2.05) is 0 Å². The molecule has 0 aliphatic rings. The molecule has 4 nitrogen and oxygen atoms in total. The largest absolute Gasteiger partial charge is 0.383 e. The van der Waals surface area contributed by atoms with Crippen LogP contribution in [0.2, 0.25) is 0 Å². The third-order valence-corrected chi connectivity index (χ3v) is 4.22. The SMILES string of the molecule is CC(C)N(Cc1cccs1)c1ncnc(N)c1Br. The Morgan fingerprint density at radius 2 is 2.22 bits per heavy atom. The van der Waals surface area contributed by atoms with Crippen molar-refractivity contribution in [3.8, 4) is 0 Å². The van der Waals surface area contributed by atoms with Crippen LogP contribution in [0.1, 0.15) is 18.7 Å². The smallest absolute Gasteiger partial charge is 0.149 e. The Morgan fingerprint density at radius 3 is 2.83 bits per heavy atom. The van der Waals surface area contributed by atoms with Crippen LogP contribution in [0.5, 0.6) is 0 Å². The molecule has 2 aromatic heterocycles. The first-order valence-electron chi connectivity index (χ1n) is 5.64. The Morgan fingerprint density at radius 1 is 1.44 bits per heavy atom. The Labute approximate surface area is 119 Å². The van der Waals surface area contributed by atoms with Gasteiger partial charge < -0.3 is 10.6 Å². The van der Waals surface area contributed by atoms with Gasteiger partial charge in [-0.2, -0.15) is 0 Å². The zero-order valence-corrected chi connectivity index (χ0v) is 12.7. The lowest BCUT2D eigenvalue weighted by atomic mass is 10.3. The molecule has 0 saturated carbocycles. The highest BCUT2D eigenvalue weighted by Gasteiger charge is 2.17. The van der Waals surface area contributed by atoms with Crippen LogP contribution in [-0.4, -0.2) is 16.0 Å². The van der Waals surface area contributed by atoms with Crippen molar-refractivity contribution in [1.82, 2.24) is 9.97 Å². The third-order valence-electron chi connectivity index (χ3n) is 2.60. The first-order valence-corrected chi connectivity index (χ1v) is 7.32. The van der Waals surface area contributed by atoms with Gasteiger partial charge in [0.05, 0.1) is 6.54 Å². The molecule has 0 saturated heterocycles. The molecule has 0 bridgehead atoms. The second kappa shape index (κ2) is 5.67. The summed E-state index contributed by atoms with van der Waals surface area (Å²) in [7, 11) is 0. The van der Waals surface area contributed by atoms with Crippen molar-refractivity contribution in [3.63, 3.8) is 0 Å². The van der Waals surface area contributed by atoms with Crippen LogP contribution in [0, 0.1) is 0 Å². The Hall–Kier alpha value is -1.14. The molecule has 0 radical (unpaired) electrons. The summed E-state index contributed by atoms with van der Waals surface area (Å²) in [5, 5.41) is 2.08. The van der Waals surface area contributed by atoms with Crippen LogP contribution in [-0.2, 0) is 6.54 Å². The highest BCUT2D eigenvalue weighted by molar-refractivity contribution is 9.10. The maximum atomic E-state index is 5.81.